The van der Waals surface area contributed by atoms with Gasteiger partial charge >= 0.3 is 0 Å². The largest absolute Gasteiger partial charge is 0.393 e. The third kappa shape index (κ3) is 2.70. The summed E-state index contributed by atoms with van der Waals surface area (Å²) in [4.78, 5) is 0. The van der Waals surface area contributed by atoms with Gasteiger partial charge in [-0.1, -0.05) is 40.0 Å². The Hall–Kier alpha value is -0.0400. The average molecular weight is 184 g/mol. The van der Waals surface area contributed by atoms with E-state index in [0.717, 1.165) is 12.8 Å². The van der Waals surface area contributed by atoms with Gasteiger partial charge in [-0.15, -0.1) is 0 Å². The molecule has 0 aromatic carbocycles. The molecule has 0 heterocycles. The first-order valence-corrected chi connectivity index (χ1v) is 5.76. The second-order valence-corrected chi connectivity index (χ2v) is 5.20. The fourth-order valence-electron chi connectivity index (χ4n) is 2.73. The maximum absolute atomic E-state index is 10.0. The van der Waals surface area contributed by atoms with E-state index >= 15 is 0 Å². The van der Waals surface area contributed by atoms with Crippen LogP contribution in [0.4, 0.5) is 0 Å². The van der Waals surface area contributed by atoms with Crippen molar-refractivity contribution in [2.24, 2.45) is 11.3 Å². The lowest BCUT2D eigenvalue weighted by Crippen LogP contribution is -2.36. The molecule has 0 saturated heterocycles. The fourth-order valence-corrected chi connectivity index (χ4v) is 2.73. The molecule has 1 aliphatic rings. The molecule has 13 heavy (non-hydrogen) atoms. The van der Waals surface area contributed by atoms with Crippen molar-refractivity contribution in [1.82, 2.24) is 0 Å². The van der Waals surface area contributed by atoms with Gasteiger partial charge in [0, 0.05) is 0 Å². The molecule has 0 bridgehead atoms. The molecule has 0 aromatic rings. The van der Waals surface area contributed by atoms with Crippen LogP contribution in [-0.2, 0) is 0 Å². The van der Waals surface area contributed by atoms with Gasteiger partial charge in [0.1, 0.15) is 0 Å². The SMILES string of the molecule is CCCC(O)C1CCCCC1(C)C. The van der Waals surface area contributed by atoms with Gasteiger partial charge in [0.2, 0.25) is 0 Å². The third-order valence-corrected chi connectivity index (χ3v) is 3.64. The topological polar surface area (TPSA) is 20.2 Å². The first kappa shape index (κ1) is 11.0. The maximum Gasteiger partial charge on any atom is 0.0573 e. The van der Waals surface area contributed by atoms with E-state index in [4.69, 9.17) is 0 Å². The molecule has 0 spiro atoms. The van der Waals surface area contributed by atoms with E-state index in [1.165, 1.54) is 25.7 Å². The zero-order valence-corrected chi connectivity index (χ0v) is 9.34. The number of hydrogen-bond acceptors (Lipinski definition) is 1. The van der Waals surface area contributed by atoms with Crippen LogP contribution in [-0.4, -0.2) is 11.2 Å². The Morgan fingerprint density at radius 3 is 2.62 bits per heavy atom. The summed E-state index contributed by atoms with van der Waals surface area (Å²) >= 11 is 0. The molecule has 1 heteroatoms. The van der Waals surface area contributed by atoms with E-state index in [1.54, 1.807) is 0 Å². The fraction of sp³-hybridized carbons (Fsp3) is 1.00. The Morgan fingerprint density at radius 1 is 1.38 bits per heavy atom. The van der Waals surface area contributed by atoms with Gasteiger partial charge in [0.15, 0.2) is 0 Å². The molecule has 0 radical (unpaired) electrons. The second kappa shape index (κ2) is 4.45. The Labute approximate surface area is 82.5 Å². The van der Waals surface area contributed by atoms with Crippen LogP contribution in [0, 0.1) is 11.3 Å². The first-order chi connectivity index (χ1) is 6.08. The summed E-state index contributed by atoms with van der Waals surface area (Å²) < 4.78 is 0. The third-order valence-electron chi connectivity index (χ3n) is 3.64. The summed E-state index contributed by atoms with van der Waals surface area (Å²) in [5, 5.41) is 10.0. The lowest BCUT2D eigenvalue weighted by Gasteiger charge is -2.41. The highest BCUT2D eigenvalue weighted by Gasteiger charge is 2.36. The minimum atomic E-state index is -0.0553. The monoisotopic (exact) mass is 184 g/mol. The Morgan fingerprint density at radius 2 is 2.08 bits per heavy atom. The summed E-state index contributed by atoms with van der Waals surface area (Å²) in [5.74, 6) is 0.543. The van der Waals surface area contributed by atoms with E-state index in [1.807, 2.05) is 0 Å². The molecule has 1 nitrogen and oxygen atoms in total. The quantitative estimate of drug-likeness (QED) is 0.713. The van der Waals surface area contributed by atoms with Crippen molar-refractivity contribution in [3.05, 3.63) is 0 Å². The highest BCUT2D eigenvalue weighted by atomic mass is 16.3. The summed E-state index contributed by atoms with van der Waals surface area (Å²) in [5.41, 5.74) is 0.368. The highest BCUT2D eigenvalue weighted by Crippen LogP contribution is 2.43. The Balaban J connectivity index is 2.54. The van der Waals surface area contributed by atoms with E-state index in [2.05, 4.69) is 20.8 Å². The molecule has 0 amide bonds. The van der Waals surface area contributed by atoms with Crippen LogP contribution in [0.5, 0.6) is 0 Å². The van der Waals surface area contributed by atoms with Crippen molar-refractivity contribution < 1.29 is 5.11 Å². The zero-order chi connectivity index (χ0) is 9.90. The highest BCUT2D eigenvalue weighted by molar-refractivity contribution is 4.86. The van der Waals surface area contributed by atoms with Gasteiger partial charge in [-0.25, -0.2) is 0 Å². The van der Waals surface area contributed by atoms with E-state index < -0.39 is 0 Å². The molecule has 1 saturated carbocycles. The second-order valence-electron chi connectivity index (χ2n) is 5.20. The van der Waals surface area contributed by atoms with Crippen molar-refractivity contribution in [3.8, 4) is 0 Å². The summed E-state index contributed by atoms with van der Waals surface area (Å²) in [6, 6.07) is 0. The molecule has 0 aromatic heterocycles. The smallest absolute Gasteiger partial charge is 0.0573 e. The van der Waals surface area contributed by atoms with Gasteiger partial charge in [-0.3, -0.25) is 0 Å². The van der Waals surface area contributed by atoms with E-state index in [-0.39, 0.29) is 6.10 Å². The molecule has 2 atom stereocenters. The molecule has 0 aliphatic heterocycles. The van der Waals surface area contributed by atoms with Crippen LogP contribution in [0.2, 0.25) is 0 Å². The van der Waals surface area contributed by atoms with Crippen LogP contribution in [0.25, 0.3) is 0 Å². The van der Waals surface area contributed by atoms with Crippen LogP contribution in [0.1, 0.15) is 59.3 Å². The zero-order valence-electron chi connectivity index (χ0n) is 9.34. The minimum absolute atomic E-state index is 0.0553. The molecule has 1 N–H and O–H groups in total. The molecule has 1 rings (SSSR count). The van der Waals surface area contributed by atoms with Gasteiger partial charge in [-0.2, -0.15) is 0 Å². The predicted molar refractivity (Wildman–Crippen MR) is 56.7 cm³/mol. The van der Waals surface area contributed by atoms with Crippen LogP contribution in [0.3, 0.4) is 0 Å². The Kier molecular flexibility index (Phi) is 3.78. The minimum Gasteiger partial charge on any atom is -0.393 e. The predicted octanol–water partition coefficient (Wildman–Crippen LogP) is 3.36. The number of aliphatic hydroxyl groups is 1. The van der Waals surface area contributed by atoms with Gasteiger partial charge in [-0.05, 0) is 30.6 Å². The average Bonchev–Trinajstić information content (AvgIpc) is 2.03. The molecular weight excluding hydrogens is 160 g/mol. The van der Waals surface area contributed by atoms with Crippen molar-refractivity contribution in [2.75, 3.05) is 0 Å². The normalized spacial score (nSPS) is 30.0. The van der Waals surface area contributed by atoms with Crippen molar-refractivity contribution >= 4 is 0 Å². The lowest BCUT2D eigenvalue weighted by atomic mass is 9.66. The number of rotatable bonds is 3. The standard InChI is InChI=1S/C12H24O/c1-4-7-11(13)10-8-5-6-9-12(10,2)3/h10-11,13H,4-9H2,1-3H3. The Bertz CT molecular complexity index is 151. The van der Waals surface area contributed by atoms with Gasteiger partial charge in [0.05, 0.1) is 6.10 Å². The first-order valence-electron chi connectivity index (χ1n) is 5.76. The van der Waals surface area contributed by atoms with Crippen LogP contribution in [0.15, 0.2) is 0 Å². The number of aliphatic hydroxyl groups excluding tert-OH is 1. The van der Waals surface area contributed by atoms with Crippen LogP contribution < -0.4 is 0 Å². The lowest BCUT2D eigenvalue weighted by molar-refractivity contribution is 0.000498. The molecular formula is C12H24O. The van der Waals surface area contributed by atoms with E-state index in [0.29, 0.717) is 11.3 Å². The van der Waals surface area contributed by atoms with Crippen molar-refractivity contribution in [3.63, 3.8) is 0 Å². The molecule has 1 aliphatic carbocycles. The summed E-state index contributed by atoms with van der Waals surface area (Å²) in [6.07, 6.45) is 7.21. The maximum atomic E-state index is 10.0. The van der Waals surface area contributed by atoms with Crippen LogP contribution >= 0.6 is 0 Å². The summed E-state index contributed by atoms with van der Waals surface area (Å²) in [7, 11) is 0. The van der Waals surface area contributed by atoms with Crippen molar-refractivity contribution in [1.29, 1.82) is 0 Å². The van der Waals surface area contributed by atoms with Crippen molar-refractivity contribution in [2.45, 2.75) is 65.4 Å². The molecule has 78 valence electrons. The molecule has 1 fully saturated rings. The number of hydrogen-bond donors (Lipinski definition) is 1. The molecule has 2 unspecified atom stereocenters. The summed E-state index contributed by atoms with van der Waals surface area (Å²) in [6.45, 7) is 6.78. The van der Waals surface area contributed by atoms with E-state index in [9.17, 15) is 5.11 Å². The van der Waals surface area contributed by atoms with Gasteiger partial charge in [0.25, 0.3) is 0 Å². The van der Waals surface area contributed by atoms with Gasteiger partial charge < -0.3 is 5.11 Å².